The second-order valence-electron chi connectivity index (χ2n) is 6.65. The molecule has 5 heteroatoms. The zero-order valence-electron chi connectivity index (χ0n) is 14.6. The number of quaternary nitrogens is 1. The Morgan fingerprint density at radius 1 is 0.909 bits per heavy atom. The predicted octanol–water partition coefficient (Wildman–Crippen LogP) is 3.20. The molecule has 2 rings (SSSR count). The van der Waals surface area contributed by atoms with Gasteiger partial charge in [-0.1, -0.05) is 68.5 Å². The summed E-state index contributed by atoms with van der Waals surface area (Å²) in [5, 5.41) is 3.04. The van der Waals surface area contributed by atoms with Crippen LogP contribution in [0.5, 0.6) is 0 Å². The van der Waals surface area contributed by atoms with Crippen LogP contribution in [0, 0.1) is 11.8 Å². The summed E-state index contributed by atoms with van der Waals surface area (Å²) < 4.78 is 0.519. The van der Waals surface area contributed by atoms with E-state index in [9.17, 15) is 0 Å². The van der Waals surface area contributed by atoms with Crippen molar-refractivity contribution in [2.45, 2.75) is 77.0 Å². The Kier molecular flexibility index (Phi) is 16.3. The Morgan fingerprint density at radius 3 is 1.77 bits per heavy atom. The van der Waals surface area contributed by atoms with E-state index in [-0.39, 0.29) is 29.6 Å². The fourth-order valence-corrected chi connectivity index (χ4v) is 3.82. The Morgan fingerprint density at radius 2 is 1.36 bits per heavy atom. The van der Waals surface area contributed by atoms with E-state index in [1.165, 1.54) is 77.0 Å². The monoisotopic (exact) mass is 353 g/mol. The van der Waals surface area contributed by atoms with Gasteiger partial charge in [0, 0.05) is 36.1 Å². The zero-order chi connectivity index (χ0) is 15.3. The average molecular weight is 354 g/mol. The molecule has 4 N–H and O–H groups in total. The van der Waals surface area contributed by atoms with Crippen LogP contribution in [0.15, 0.2) is 0 Å². The molecule has 0 aromatic carbocycles. The van der Waals surface area contributed by atoms with Gasteiger partial charge in [0.15, 0.2) is 0 Å². The Labute approximate surface area is 170 Å². The standard InChI is InChI=1S/C9H17NS2.C8H17N.Na/c11-9(12)10-7-6-8-4-2-1-3-5-8;9-7-6-8-4-2-1-3-5-8;/h8H,1-7H2,(H2,10,11,12);8H,1-7,9H2;. The van der Waals surface area contributed by atoms with Crippen molar-refractivity contribution in [1.29, 1.82) is 0 Å². The normalized spacial score (nSPS) is 19.5. The van der Waals surface area contributed by atoms with Gasteiger partial charge in [0.2, 0.25) is 0 Å². The maximum atomic E-state index is 4.77. The van der Waals surface area contributed by atoms with Crippen LogP contribution in [0.25, 0.3) is 0 Å². The summed E-state index contributed by atoms with van der Waals surface area (Å²) in [5.74, 6) is 1.96. The van der Waals surface area contributed by atoms with Gasteiger partial charge in [-0.15, -0.1) is 0 Å². The van der Waals surface area contributed by atoms with Crippen molar-refractivity contribution < 1.29 is 5.73 Å². The van der Waals surface area contributed by atoms with E-state index in [4.69, 9.17) is 24.8 Å². The van der Waals surface area contributed by atoms with E-state index in [2.05, 4.69) is 11.1 Å². The van der Waals surface area contributed by atoms with E-state index in [0.717, 1.165) is 24.9 Å². The molecule has 0 spiro atoms. The molecular weight excluding hydrogens is 319 g/mol. The summed E-state index contributed by atoms with van der Waals surface area (Å²) in [6, 6.07) is 0. The number of rotatable bonds is 5. The van der Waals surface area contributed by atoms with Crippen LogP contribution < -0.4 is 11.1 Å². The van der Waals surface area contributed by atoms with Gasteiger partial charge < -0.3 is 35.9 Å². The van der Waals surface area contributed by atoms with Crippen LogP contribution in [-0.2, 0) is 12.6 Å². The third-order valence-electron chi connectivity index (χ3n) is 4.88. The first-order valence-electron chi connectivity index (χ1n) is 8.96. The maximum absolute atomic E-state index is 4.77. The first-order chi connectivity index (χ1) is 10.2. The van der Waals surface area contributed by atoms with E-state index in [1.807, 2.05) is 0 Å². The molecule has 2 aliphatic carbocycles. The number of thiocarbonyl (C=S) groups is 1. The summed E-state index contributed by atoms with van der Waals surface area (Å²) in [6.07, 6.45) is 17.1. The number of hydrogen-bond acceptors (Lipinski definition) is 2. The smallest absolute Gasteiger partial charge is 0.0742 e. The van der Waals surface area contributed by atoms with Crippen molar-refractivity contribution in [3.63, 3.8) is 0 Å². The van der Waals surface area contributed by atoms with E-state index in [0.29, 0.717) is 4.32 Å². The minimum Gasteiger partial charge on any atom is -0.412 e. The van der Waals surface area contributed by atoms with E-state index < -0.39 is 0 Å². The zero-order valence-corrected chi connectivity index (χ0v) is 18.2. The predicted molar refractivity (Wildman–Crippen MR) is 104 cm³/mol. The summed E-state index contributed by atoms with van der Waals surface area (Å²) in [5.41, 5.74) is 3.88. The topological polar surface area (TPSA) is 39.7 Å². The molecule has 2 nitrogen and oxygen atoms in total. The third-order valence-corrected chi connectivity index (χ3v) is 5.17. The first-order valence-corrected chi connectivity index (χ1v) is 9.78. The van der Waals surface area contributed by atoms with Crippen molar-refractivity contribution in [3.05, 3.63) is 0 Å². The van der Waals surface area contributed by atoms with E-state index >= 15 is 0 Å². The molecule has 0 aliphatic heterocycles. The average Bonchev–Trinajstić information content (AvgIpc) is 2.50. The van der Waals surface area contributed by atoms with Crippen molar-refractivity contribution in [1.82, 2.24) is 5.32 Å². The third kappa shape index (κ3) is 12.5. The second kappa shape index (κ2) is 15.6. The summed E-state index contributed by atoms with van der Waals surface area (Å²) in [4.78, 5) is 0. The minimum absolute atomic E-state index is 0. The van der Waals surface area contributed by atoms with Crippen LogP contribution in [0.1, 0.15) is 77.0 Å². The minimum atomic E-state index is 0. The molecule has 0 saturated heterocycles. The van der Waals surface area contributed by atoms with Crippen LogP contribution >= 0.6 is 12.2 Å². The van der Waals surface area contributed by atoms with Gasteiger partial charge in [0.05, 0.1) is 6.54 Å². The summed E-state index contributed by atoms with van der Waals surface area (Å²) in [7, 11) is 0. The molecule has 0 aromatic heterocycles. The first kappa shape index (κ1) is 23.1. The molecule has 1 radical (unpaired) electrons. The molecule has 22 heavy (non-hydrogen) atoms. The largest absolute Gasteiger partial charge is 0.412 e. The van der Waals surface area contributed by atoms with Gasteiger partial charge in [0.25, 0.3) is 0 Å². The second-order valence-corrected chi connectivity index (χ2v) is 7.73. The van der Waals surface area contributed by atoms with Crippen molar-refractivity contribution in [3.8, 4) is 0 Å². The molecule has 2 fully saturated rings. The summed E-state index contributed by atoms with van der Waals surface area (Å²) >= 11 is 9.53. The molecule has 0 unspecified atom stereocenters. The summed E-state index contributed by atoms with van der Waals surface area (Å²) in [6.45, 7) is 2.12. The van der Waals surface area contributed by atoms with Gasteiger partial charge in [-0.25, -0.2) is 0 Å². The molecular formula is C17H34N2NaS2. The van der Waals surface area contributed by atoms with Gasteiger partial charge in [-0.05, 0) is 24.7 Å². The molecule has 0 heterocycles. The fraction of sp³-hybridized carbons (Fsp3) is 0.941. The van der Waals surface area contributed by atoms with Gasteiger partial charge in [-0.3, -0.25) is 0 Å². The Bertz CT molecular complexity index is 263. The molecule has 2 saturated carbocycles. The fourth-order valence-electron chi connectivity index (χ4n) is 3.62. The molecule has 125 valence electrons. The SMILES string of the molecule is S=C([S-])NCCC1CCCCC1.[NH3+]CCC1CCCCC1.[Na]. The quantitative estimate of drug-likeness (QED) is 0.453. The van der Waals surface area contributed by atoms with Crippen LogP contribution in [0.4, 0.5) is 0 Å². The van der Waals surface area contributed by atoms with Crippen LogP contribution in [-0.4, -0.2) is 47.0 Å². The van der Waals surface area contributed by atoms with Crippen molar-refractivity contribution in [2.75, 3.05) is 13.1 Å². The van der Waals surface area contributed by atoms with Crippen molar-refractivity contribution >= 4 is 58.7 Å². The van der Waals surface area contributed by atoms with Gasteiger partial charge in [-0.2, -0.15) is 0 Å². The van der Waals surface area contributed by atoms with Crippen LogP contribution in [0.2, 0.25) is 0 Å². The Balaban J connectivity index is 0.000000397. The van der Waals surface area contributed by atoms with Gasteiger partial charge in [0.1, 0.15) is 0 Å². The molecule has 0 amide bonds. The molecule has 0 atom stereocenters. The van der Waals surface area contributed by atoms with E-state index in [1.54, 1.807) is 0 Å². The molecule has 2 aliphatic rings. The van der Waals surface area contributed by atoms with Crippen LogP contribution in [0.3, 0.4) is 0 Å². The number of hydrogen-bond donors (Lipinski definition) is 2. The van der Waals surface area contributed by atoms with Crippen molar-refractivity contribution in [2.24, 2.45) is 11.8 Å². The molecule has 0 bridgehead atoms. The molecule has 0 aromatic rings. The Hall–Kier alpha value is 1.07. The van der Waals surface area contributed by atoms with Gasteiger partial charge >= 0.3 is 0 Å². The number of nitrogens with one attached hydrogen (secondary N) is 1. The maximum Gasteiger partial charge on any atom is 0.0742 e.